The largest absolute Gasteiger partial charge is 0.466 e. The number of esters is 1. The summed E-state index contributed by atoms with van der Waals surface area (Å²) in [5.74, 6) is -1.29. The molecule has 0 fully saturated rings. The Bertz CT molecular complexity index is 853. The van der Waals surface area contributed by atoms with Crippen LogP contribution in [-0.4, -0.2) is 45.8 Å². The molecule has 1 aromatic rings. The Balaban J connectivity index is 1.97. The minimum atomic E-state index is -3.44. The zero-order valence-electron chi connectivity index (χ0n) is 20.6. The highest BCUT2D eigenvalue weighted by atomic mass is 32.2. The van der Waals surface area contributed by atoms with Gasteiger partial charge < -0.3 is 10.1 Å². The molecule has 1 amide bonds. The standard InChI is InChI=1S/C25H40N2O6S/c1-3-33-24(29)14-12-19-26-25(30)23(28)13-10-8-6-4-5-7-9-11-20-27-34(31,32)22-17-15-21(2)16-18-22/h15-18,27H,3-14,19-20H2,1-2H3,(H,26,30). The number of hydrogen-bond acceptors (Lipinski definition) is 6. The van der Waals surface area contributed by atoms with Crippen LogP contribution >= 0.6 is 0 Å². The Morgan fingerprint density at radius 1 is 0.794 bits per heavy atom. The van der Waals surface area contributed by atoms with Crippen LogP contribution in [0.4, 0.5) is 0 Å². The first kappa shape index (κ1) is 29.8. The fraction of sp³-hybridized carbons (Fsp3) is 0.640. The first-order valence-corrected chi connectivity index (χ1v) is 13.8. The van der Waals surface area contributed by atoms with Gasteiger partial charge in [0.1, 0.15) is 0 Å². The zero-order valence-corrected chi connectivity index (χ0v) is 21.4. The van der Waals surface area contributed by atoms with Crippen molar-refractivity contribution in [3.63, 3.8) is 0 Å². The number of benzene rings is 1. The molecule has 8 nitrogen and oxygen atoms in total. The molecule has 0 bridgehead atoms. The van der Waals surface area contributed by atoms with Crippen molar-refractivity contribution in [1.29, 1.82) is 0 Å². The third-order valence-electron chi connectivity index (χ3n) is 5.36. The van der Waals surface area contributed by atoms with E-state index in [1.54, 1.807) is 31.2 Å². The number of carbonyl (C=O) groups is 3. The lowest BCUT2D eigenvalue weighted by Gasteiger charge is -2.07. The van der Waals surface area contributed by atoms with Crippen LogP contribution in [0.2, 0.25) is 0 Å². The number of rotatable bonds is 19. The molecule has 0 aliphatic rings. The third-order valence-corrected chi connectivity index (χ3v) is 6.83. The van der Waals surface area contributed by atoms with Gasteiger partial charge in [0.25, 0.3) is 5.91 Å². The molecule has 0 radical (unpaired) electrons. The van der Waals surface area contributed by atoms with Gasteiger partial charge in [0, 0.05) is 25.9 Å². The maximum atomic E-state index is 12.2. The quantitative estimate of drug-likeness (QED) is 0.171. The minimum Gasteiger partial charge on any atom is -0.466 e. The van der Waals surface area contributed by atoms with Crippen LogP contribution in [-0.2, 0) is 29.1 Å². The summed E-state index contributed by atoms with van der Waals surface area (Å²) >= 11 is 0. The number of nitrogens with one attached hydrogen (secondary N) is 2. The lowest BCUT2D eigenvalue weighted by Crippen LogP contribution is -2.31. The van der Waals surface area contributed by atoms with Crippen molar-refractivity contribution in [1.82, 2.24) is 10.0 Å². The number of unbranched alkanes of at least 4 members (excludes halogenated alkanes) is 7. The Hall–Kier alpha value is -2.26. The molecule has 0 aromatic heterocycles. The first-order valence-electron chi connectivity index (χ1n) is 12.3. The van der Waals surface area contributed by atoms with Crippen LogP contribution in [0.15, 0.2) is 29.2 Å². The summed E-state index contributed by atoms with van der Waals surface area (Å²) in [6, 6.07) is 6.81. The van der Waals surface area contributed by atoms with Crippen LogP contribution in [0.5, 0.6) is 0 Å². The van der Waals surface area contributed by atoms with Gasteiger partial charge in [-0.05, 0) is 45.2 Å². The number of ether oxygens (including phenoxy) is 1. The smallest absolute Gasteiger partial charge is 0.305 e. The van der Waals surface area contributed by atoms with Gasteiger partial charge in [-0.2, -0.15) is 0 Å². The fourth-order valence-corrected chi connectivity index (χ4v) is 4.43. The molecule has 34 heavy (non-hydrogen) atoms. The van der Waals surface area contributed by atoms with Gasteiger partial charge in [0.2, 0.25) is 15.8 Å². The molecule has 0 aliphatic heterocycles. The molecule has 2 N–H and O–H groups in total. The van der Waals surface area contributed by atoms with E-state index in [9.17, 15) is 22.8 Å². The average molecular weight is 497 g/mol. The molecular formula is C25H40N2O6S. The molecule has 0 heterocycles. The van der Waals surface area contributed by atoms with Crippen molar-refractivity contribution >= 4 is 27.7 Å². The second kappa shape index (κ2) is 17.2. The second-order valence-corrected chi connectivity index (χ2v) is 10.1. The zero-order chi connectivity index (χ0) is 25.2. The second-order valence-electron chi connectivity index (χ2n) is 8.38. The van der Waals surface area contributed by atoms with Gasteiger partial charge in [-0.3, -0.25) is 14.4 Å². The van der Waals surface area contributed by atoms with E-state index in [-0.39, 0.29) is 25.4 Å². The number of hydrogen-bond donors (Lipinski definition) is 2. The van der Waals surface area contributed by atoms with Crippen molar-refractivity contribution in [3.05, 3.63) is 29.8 Å². The van der Waals surface area contributed by atoms with E-state index in [4.69, 9.17) is 4.74 Å². The predicted molar refractivity (Wildman–Crippen MR) is 132 cm³/mol. The molecule has 1 rings (SSSR count). The molecule has 0 unspecified atom stereocenters. The number of ketones is 1. The Morgan fingerprint density at radius 2 is 1.38 bits per heavy atom. The SMILES string of the molecule is CCOC(=O)CCCNC(=O)C(=O)CCCCCCCCCCNS(=O)(=O)c1ccc(C)cc1. The van der Waals surface area contributed by atoms with E-state index in [0.717, 1.165) is 50.5 Å². The monoisotopic (exact) mass is 496 g/mol. The van der Waals surface area contributed by atoms with Crippen LogP contribution in [0.1, 0.15) is 83.1 Å². The summed E-state index contributed by atoms with van der Waals surface area (Å²) in [5.41, 5.74) is 1.02. The van der Waals surface area contributed by atoms with Crippen LogP contribution in [0.25, 0.3) is 0 Å². The summed E-state index contributed by atoms with van der Waals surface area (Å²) in [5, 5.41) is 2.55. The molecule has 1 aromatic carbocycles. The average Bonchev–Trinajstić information content (AvgIpc) is 2.80. The molecule has 0 atom stereocenters. The lowest BCUT2D eigenvalue weighted by atomic mass is 10.1. The van der Waals surface area contributed by atoms with Gasteiger partial charge >= 0.3 is 5.97 Å². The summed E-state index contributed by atoms with van der Waals surface area (Å²) in [6.45, 7) is 4.72. The Morgan fingerprint density at radius 3 is 2.00 bits per heavy atom. The van der Waals surface area contributed by atoms with Crippen molar-refractivity contribution in [2.45, 2.75) is 89.4 Å². The summed E-state index contributed by atoms with van der Waals surface area (Å²) in [6.07, 6.45) is 8.46. The maximum Gasteiger partial charge on any atom is 0.305 e. The van der Waals surface area contributed by atoms with Gasteiger partial charge in [0.15, 0.2) is 0 Å². The van der Waals surface area contributed by atoms with Crippen LogP contribution < -0.4 is 10.0 Å². The van der Waals surface area contributed by atoms with E-state index >= 15 is 0 Å². The number of carbonyl (C=O) groups excluding carboxylic acids is 3. The van der Waals surface area contributed by atoms with Crippen molar-refractivity contribution < 1.29 is 27.5 Å². The highest BCUT2D eigenvalue weighted by Gasteiger charge is 2.13. The van der Waals surface area contributed by atoms with E-state index in [1.807, 2.05) is 6.92 Å². The van der Waals surface area contributed by atoms with Gasteiger partial charge in [0.05, 0.1) is 11.5 Å². The highest BCUT2D eigenvalue weighted by molar-refractivity contribution is 7.89. The number of Topliss-reactive ketones (excluding diaryl/α,β-unsaturated/α-hetero) is 1. The number of aryl methyl sites for hydroxylation is 1. The van der Waals surface area contributed by atoms with Crippen LogP contribution in [0, 0.1) is 6.92 Å². The van der Waals surface area contributed by atoms with E-state index in [1.165, 1.54) is 0 Å². The number of sulfonamides is 1. The molecule has 0 saturated carbocycles. The first-order chi connectivity index (χ1) is 16.3. The topological polar surface area (TPSA) is 119 Å². The van der Waals surface area contributed by atoms with Crippen molar-refractivity contribution in [3.8, 4) is 0 Å². The van der Waals surface area contributed by atoms with Crippen molar-refractivity contribution in [2.24, 2.45) is 0 Å². The Kier molecular flexibility index (Phi) is 15.1. The van der Waals surface area contributed by atoms with E-state index < -0.39 is 21.7 Å². The summed E-state index contributed by atoms with van der Waals surface area (Å²) < 4.78 is 31.9. The normalized spacial score (nSPS) is 11.2. The molecule has 9 heteroatoms. The predicted octanol–water partition coefficient (Wildman–Crippen LogP) is 3.81. The Labute approximate surface area is 204 Å². The van der Waals surface area contributed by atoms with E-state index in [2.05, 4.69) is 10.0 Å². The van der Waals surface area contributed by atoms with E-state index in [0.29, 0.717) is 30.9 Å². The van der Waals surface area contributed by atoms with Crippen LogP contribution in [0.3, 0.4) is 0 Å². The molecule has 0 aliphatic carbocycles. The minimum absolute atomic E-state index is 0.228. The number of amides is 1. The van der Waals surface area contributed by atoms with Gasteiger partial charge in [-0.15, -0.1) is 0 Å². The summed E-state index contributed by atoms with van der Waals surface area (Å²) in [7, 11) is -3.44. The molecular weight excluding hydrogens is 456 g/mol. The molecule has 0 saturated heterocycles. The molecule has 0 spiro atoms. The maximum absolute atomic E-state index is 12.2. The lowest BCUT2D eigenvalue weighted by molar-refractivity contribution is -0.143. The molecule has 192 valence electrons. The van der Waals surface area contributed by atoms with Crippen molar-refractivity contribution in [2.75, 3.05) is 19.7 Å². The van der Waals surface area contributed by atoms with Gasteiger partial charge in [-0.1, -0.05) is 56.2 Å². The van der Waals surface area contributed by atoms with Gasteiger partial charge in [-0.25, -0.2) is 13.1 Å². The summed E-state index contributed by atoms with van der Waals surface area (Å²) in [4.78, 5) is 35.1. The highest BCUT2D eigenvalue weighted by Crippen LogP contribution is 2.12. The third kappa shape index (κ3) is 13.4. The fourth-order valence-electron chi connectivity index (χ4n) is 3.36.